The van der Waals surface area contributed by atoms with Crippen molar-refractivity contribution in [2.45, 2.75) is 19.4 Å². The topological polar surface area (TPSA) is 54.9 Å². The monoisotopic (exact) mass is 373 g/mol. The van der Waals surface area contributed by atoms with Crippen LogP contribution in [0.5, 0.6) is 5.75 Å². The maximum absolute atomic E-state index is 13.6. The van der Waals surface area contributed by atoms with Gasteiger partial charge in [-0.3, -0.25) is 4.99 Å². The van der Waals surface area contributed by atoms with Crippen LogP contribution in [0.1, 0.15) is 17.5 Å². The molecule has 2 aromatic carbocycles. The van der Waals surface area contributed by atoms with Crippen molar-refractivity contribution in [1.82, 2.24) is 10.6 Å². The number of ether oxygens (including phenoxy) is 2. The molecule has 2 N–H and O–H groups in total. The van der Waals surface area contributed by atoms with Crippen LogP contribution in [0, 0.1) is 5.82 Å². The average molecular weight is 373 g/mol. The summed E-state index contributed by atoms with van der Waals surface area (Å²) in [6.07, 6.45) is 1.45. The van der Waals surface area contributed by atoms with Crippen LogP contribution in [0.2, 0.25) is 0 Å². The van der Waals surface area contributed by atoms with Gasteiger partial charge in [0.1, 0.15) is 11.6 Å². The molecule has 0 heterocycles. The van der Waals surface area contributed by atoms with Crippen LogP contribution in [0.15, 0.2) is 53.5 Å². The van der Waals surface area contributed by atoms with Gasteiger partial charge in [-0.05, 0) is 35.7 Å². The van der Waals surface area contributed by atoms with Gasteiger partial charge >= 0.3 is 0 Å². The lowest BCUT2D eigenvalue weighted by atomic mass is 10.1. The van der Waals surface area contributed by atoms with Gasteiger partial charge in [-0.25, -0.2) is 4.39 Å². The lowest BCUT2D eigenvalue weighted by Crippen LogP contribution is -2.37. The third-order valence-electron chi connectivity index (χ3n) is 3.99. The molecule has 0 radical (unpaired) electrons. The van der Waals surface area contributed by atoms with Crippen LogP contribution in [0.3, 0.4) is 0 Å². The molecule has 0 saturated heterocycles. The summed E-state index contributed by atoms with van der Waals surface area (Å²) in [6.45, 7) is 2.54. The molecular weight excluding hydrogens is 345 g/mol. The van der Waals surface area contributed by atoms with E-state index in [1.165, 1.54) is 6.07 Å². The number of nitrogens with one attached hydrogen (secondary N) is 2. The second kappa shape index (κ2) is 11.9. The molecule has 0 saturated carbocycles. The SMILES string of the molecule is CN=C(NCCc1ccccc1F)NCc1cccc(OCCCOC)c1. The number of halogens is 1. The van der Waals surface area contributed by atoms with E-state index in [-0.39, 0.29) is 5.82 Å². The van der Waals surface area contributed by atoms with Crippen LogP contribution in [0.4, 0.5) is 4.39 Å². The van der Waals surface area contributed by atoms with Crippen LogP contribution >= 0.6 is 0 Å². The average Bonchev–Trinajstić information content (AvgIpc) is 2.69. The molecule has 0 spiro atoms. The Kier molecular flexibility index (Phi) is 9.13. The predicted octanol–water partition coefficient (Wildman–Crippen LogP) is 3.15. The minimum absolute atomic E-state index is 0.176. The number of guanidine groups is 1. The van der Waals surface area contributed by atoms with Crippen LogP contribution in [0.25, 0.3) is 0 Å². The highest BCUT2D eigenvalue weighted by Gasteiger charge is 2.03. The number of methoxy groups -OCH3 is 1. The first kappa shape index (κ1) is 20.7. The first-order valence-corrected chi connectivity index (χ1v) is 9.11. The Balaban J connectivity index is 1.76. The van der Waals surface area contributed by atoms with Gasteiger partial charge in [0.15, 0.2) is 5.96 Å². The fraction of sp³-hybridized carbons (Fsp3) is 0.381. The summed E-state index contributed by atoms with van der Waals surface area (Å²) < 4.78 is 24.4. The Hall–Kier alpha value is -2.60. The summed E-state index contributed by atoms with van der Waals surface area (Å²) in [6, 6.07) is 14.8. The van der Waals surface area contributed by atoms with Crippen molar-refractivity contribution >= 4 is 5.96 Å². The van der Waals surface area contributed by atoms with Crippen molar-refractivity contribution < 1.29 is 13.9 Å². The van der Waals surface area contributed by atoms with E-state index in [9.17, 15) is 4.39 Å². The van der Waals surface area contributed by atoms with Crippen LogP contribution in [-0.4, -0.2) is 39.9 Å². The molecule has 6 heteroatoms. The van der Waals surface area contributed by atoms with Gasteiger partial charge in [0.05, 0.1) is 6.61 Å². The van der Waals surface area contributed by atoms with Gasteiger partial charge in [-0.2, -0.15) is 0 Å². The van der Waals surface area contributed by atoms with Crippen LogP contribution in [-0.2, 0) is 17.7 Å². The van der Waals surface area contributed by atoms with Gasteiger partial charge in [-0.15, -0.1) is 0 Å². The molecule has 0 amide bonds. The summed E-state index contributed by atoms with van der Waals surface area (Å²) in [4.78, 5) is 4.20. The largest absolute Gasteiger partial charge is 0.493 e. The van der Waals surface area contributed by atoms with E-state index < -0.39 is 0 Å². The lowest BCUT2D eigenvalue weighted by molar-refractivity contribution is 0.172. The van der Waals surface area contributed by atoms with Gasteiger partial charge in [0, 0.05) is 40.3 Å². The Labute approximate surface area is 160 Å². The first-order valence-electron chi connectivity index (χ1n) is 9.11. The minimum atomic E-state index is -0.176. The van der Waals surface area contributed by atoms with E-state index in [1.54, 1.807) is 26.3 Å². The standard InChI is InChI=1S/C21H28FN3O2/c1-23-21(24-12-11-18-8-3-4-10-20(18)22)25-16-17-7-5-9-19(15-17)27-14-6-13-26-2/h3-5,7-10,15H,6,11-14,16H2,1-2H3,(H2,23,24,25). The molecule has 0 aliphatic heterocycles. The smallest absolute Gasteiger partial charge is 0.191 e. The number of nitrogens with zero attached hydrogens (tertiary/aromatic N) is 1. The fourth-order valence-corrected chi connectivity index (χ4v) is 2.56. The Morgan fingerprint density at radius 3 is 2.70 bits per heavy atom. The van der Waals surface area contributed by atoms with E-state index in [0.29, 0.717) is 44.2 Å². The third kappa shape index (κ3) is 7.66. The molecule has 0 bridgehead atoms. The summed E-state index contributed by atoms with van der Waals surface area (Å²) in [5.74, 6) is 1.34. The highest BCUT2D eigenvalue weighted by molar-refractivity contribution is 5.79. The van der Waals surface area contributed by atoms with E-state index >= 15 is 0 Å². The molecule has 2 rings (SSSR count). The zero-order chi connectivity index (χ0) is 19.3. The van der Waals surface area contributed by atoms with Crippen molar-refractivity contribution in [1.29, 1.82) is 0 Å². The van der Waals surface area contributed by atoms with Gasteiger partial charge in [-0.1, -0.05) is 30.3 Å². The summed E-state index contributed by atoms with van der Waals surface area (Å²) in [5.41, 5.74) is 1.79. The highest BCUT2D eigenvalue weighted by atomic mass is 19.1. The van der Waals surface area contributed by atoms with Gasteiger partial charge in [0.25, 0.3) is 0 Å². The van der Waals surface area contributed by atoms with Crippen LogP contribution < -0.4 is 15.4 Å². The Morgan fingerprint density at radius 2 is 1.93 bits per heavy atom. The molecule has 0 atom stereocenters. The van der Waals surface area contributed by atoms with Crippen molar-refractivity contribution in [2.24, 2.45) is 4.99 Å². The molecule has 0 aliphatic carbocycles. The summed E-state index contributed by atoms with van der Waals surface area (Å²) >= 11 is 0. The minimum Gasteiger partial charge on any atom is -0.493 e. The van der Waals surface area contributed by atoms with Crippen molar-refractivity contribution in [3.63, 3.8) is 0 Å². The second-order valence-corrected chi connectivity index (χ2v) is 6.04. The van der Waals surface area contributed by atoms with Gasteiger partial charge in [0.2, 0.25) is 0 Å². The lowest BCUT2D eigenvalue weighted by Gasteiger charge is -2.13. The van der Waals surface area contributed by atoms with Gasteiger partial charge < -0.3 is 20.1 Å². The molecule has 2 aromatic rings. The molecular formula is C21H28FN3O2. The summed E-state index contributed by atoms with van der Waals surface area (Å²) in [7, 11) is 3.40. The van der Waals surface area contributed by atoms with E-state index in [0.717, 1.165) is 17.7 Å². The zero-order valence-corrected chi connectivity index (χ0v) is 16.0. The third-order valence-corrected chi connectivity index (χ3v) is 3.99. The molecule has 0 unspecified atom stereocenters. The number of rotatable bonds is 10. The summed E-state index contributed by atoms with van der Waals surface area (Å²) in [5, 5.41) is 6.47. The van der Waals surface area contributed by atoms with Crippen molar-refractivity contribution in [2.75, 3.05) is 33.9 Å². The van der Waals surface area contributed by atoms with E-state index in [4.69, 9.17) is 9.47 Å². The van der Waals surface area contributed by atoms with E-state index in [1.807, 2.05) is 30.3 Å². The molecule has 0 fully saturated rings. The predicted molar refractivity (Wildman–Crippen MR) is 107 cm³/mol. The van der Waals surface area contributed by atoms with Crippen molar-refractivity contribution in [3.05, 3.63) is 65.5 Å². The number of hydrogen-bond donors (Lipinski definition) is 2. The maximum atomic E-state index is 13.6. The fourth-order valence-electron chi connectivity index (χ4n) is 2.56. The molecule has 27 heavy (non-hydrogen) atoms. The number of aliphatic imine (C=N–C) groups is 1. The molecule has 146 valence electrons. The molecule has 5 nitrogen and oxygen atoms in total. The van der Waals surface area contributed by atoms with Crippen molar-refractivity contribution in [3.8, 4) is 5.75 Å². The maximum Gasteiger partial charge on any atom is 0.191 e. The quantitative estimate of drug-likeness (QED) is 0.382. The Morgan fingerprint density at radius 1 is 1.07 bits per heavy atom. The molecule has 0 aliphatic rings. The molecule has 0 aromatic heterocycles. The first-order chi connectivity index (χ1) is 13.2. The second-order valence-electron chi connectivity index (χ2n) is 6.04. The van der Waals surface area contributed by atoms with E-state index in [2.05, 4.69) is 15.6 Å². The highest BCUT2D eigenvalue weighted by Crippen LogP contribution is 2.13. The number of benzene rings is 2. The normalized spacial score (nSPS) is 11.3. The number of hydrogen-bond acceptors (Lipinski definition) is 3. The zero-order valence-electron chi connectivity index (χ0n) is 16.0. The Bertz CT molecular complexity index is 722.